The number of urea groups is 1. The lowest BCUT2D eigenvalue weighted by Gasteiger charge is -2.13. The molecule has 0 saturated carbocycles. The first-order chi connectivity index (χ1) is 12.5. The van der Waals surface area contributed by atoms with E-state index in [0.29, 0.717) is 6.54 Å². The average molecular weight is 412 g/mol. The van der Waals surface area contributed by atoms with E-state index in [9.17, 15) is 4.79 Å². The summed E-state index contributed by atoms with van der Waals surface area (Å²) in [7, 11) is 0. The summed E-state index contributed by atoms with van der Waals surface area (Å²) < 4.78 is 3.02. The Balaban J connectivity index is 1.63. The molecule has 26 heavy (non-hydrogen) atoms. The Morgan fingerprint density at radius 2 is 1.88 bits per heavy atom. The van der Waals surface area contributed by atoms with Crippen LogP contribution in [0.15, 0.2) is 65.3 Å². The maximum absolute atomic E-state index is 12.2. The molecule has 0 unspecified atom stereocenters. The molecule has 5 heteroatoms. The number of carbonyl (C=O) groups is 1. The monoisotopic (exact) mass is 411 g/mol. The highest BCUT2D eigenvalue weighted by Crippen LogP contribution is 2.21. The van der Waals surface area contributed by atoms with Crippen LogP contribution in [0.4, 0.5) is 10.5 Å². The van der Waals surface area contributed by atoms with E-state index in [1.807, 2.05) is 42.6 Å². The Morgan fingerprint density at radius 1 is 1.08 bits per heavy atom. The molecule has 0 atom stereocenters. The van der Waals surface area contributed by atoms with Crippen LogP contribution in [0.25, 0.3) is 0 Å². The van der Waals surface area contributed by atoms with Crippen LogP contribution in [0, 0.1) is 13.8 Å². The maximum atomic E-state index is 12.2. The average Bonchev–Trinajstić information content (AvgIpc) is 3.05. The number of carbonyl (C=O) groups excluding carboxylic acids is 1. The summed E-state index contributed by atoms with van der Waals surface area (Å²) >= 11 is 3.43. The normalized spacial score (nSPS) is 10.6. The summed E-state index contributed by atoms with van der Waals surface area (Å²) in [4.78, 5) is 12.2. The van der Waals surface area contributed by atoms with Crippen molar-refractivity contribution in [3.05, 3.63) is 87.7 Å². The molecule has 0 saturated heterocycles. The van der Waals surface area contributed by atoms with E-state index < -0.39 is 0 Å². The maximum Gasteiger partial charge on any atom is 0.319 e. The lowest BCUT2D eigenvalue weighted by atomic mass is 10.1. The van der Waals surface area contributed by atoms with Crippen molar-refractivity contribution in [3.63, 3.8) is 0 Å². The summed E-state index contributed by atoms with van der Waals surface area (Å²) in [5.74, 6) is 0. The predicted molar refractivity (Wildman–Crippen MR) is 109 cm³/mol. The molecule has 2 aromatic carbocycles. The van der Waals surface area contributed by atoms with Crippen molar-refractivity contribution in [2.45, 2.75) is 26.9 Å². The van der Waals surface area contributed by atoms with Crippen LogP contribution in [0.3, 0.4) is 0 Å². The second-order valence-corrected chi connectivity index (χ2v) is 7.20. The first-order valence-electron chi connectivity index (χ1n) is 8.52. The molecule has 0 radical (unpaired) electrons. The SMILES string of the molecule is Cc1ccc(C)c(Cn2cccc2CNC(=O)Nc2ccccc2Br)c1. The molecular formula is C21H22BrN3O. The minimum Gasteiger partial charge on any atom is -0.345 e. The topological polar surface area (TPSA) is 46.1 Å². The number of halogens is 1. The fourth-order valence-electron chi connectivity index (χ4n) is 2.82. The van der Waals surface area contributed by atoms with Crippen molar-refractivity contribution in [1.29, 1.82) is 0 Å². The van der Waals surface area contributed by atoms with Gasteiger partial charge in [0.15, 0.2) is 0 Å². The van der Waals surface area contributed by atoms with Gasteiger partial charge in [-0.25, -0.2) is 4.79 Å². The van der Waals surface area contributed by atoms with E-state index >= 15 is 0 Å². The molecule has 0 spiro atoms. The van der Waals surface area contributed by atoms with Crippen molar-refractivity contribution < 1.29 is 4.79 Å². The van der Waals surface area contributed by atoms with Gasteiger partial charge in [-0.1, -0.05) is 35.9 Å². The molecule has 0 fully saturated rings. The van der Waals surface area contributed by atoms with Gasteiger partial charge in [-0.2, -0.15) is 0 Å². The number of rotatable bonds is 5. The fraction of sp³-hybridized carbons (Fsp3) is 0.190. The minimum atomic E-state index is -0.226. The molecule has 1 heterocycles. The van der Waals surface area contributed by atoms with Gasteiger partial charge in [0.2, 0.25) is 0 Å². The number of nitrogens with zero attached hydrogens (tertiary/aromatic N) is 1. The molecule has 134 valence electrons. The zero-order chi connectivity index (χ0) is 18.5. The molecule has 3 rings (SSSR count). The van der Waals surface area contributed by atoms with Gasteiger partial charge < -0.3 is 15.2 Å². The van der Waals surface area contributed by atoms with E-state index in [-0.39, 0.29) is 6.03 Å². The van der Waals surface area contributed by atoms with Crippen LogP contribution in [0.1, 0.15) is 22.4 Å². The van der Waals surface area contributed by atoms with Gasteiger partial charge in [0.1, 0.15) is 0 Å². The highest BCUT2D eigenvalue weighted by Gasteiger charge is 2.08. The Morgan fingerprint density at radius 3 is 2.69 bits per heavy atom. The number of nitrogens with one attached hydrogen (secondary N) is 2. The summed E-state index contributed by atoms with van der Waals surface area (Å²) in [6.45, 7) is 5.49. The van der Waals surface area contributed by atoms with Gasteiger partial charge in [0.05, 0.1) is 12.2 Å². The number of para-hydroxylation sites is 1. The number of benzene rings is 2. The molecule has 4 nitrogen and oxygen atoms in total. The summed E-state index contributed by atoms with van der Waals surface area (Å²) in [5, 5.41) is 5.77. The van der Waals surface area contributed by atoms with Gasteiger partial charge >= 0.3 is 6.03 Å². The summed E-state index contributed by atoms with van der Waals surface area (Å²) in [6, 6.07) is 17.8. The molecule has 0 aliphatic heterocycles. The zero-order valence-corrected chi connectivity index (χ0v) is 16.5. The molecule has 2 N–H and O–H groups in total. The van der Waals surface area contributed by atoms with E-state index in [1.165, 1.54) is 16.7 Å². The summed E-state index contributed by atoms with van der Waals surface area (Å²) in [6.07, 6.45) is 2.05. The number of aromatic nitrogens is 1. The quantitative estimate of drug-likeness (QED) is 0.592. The Kier molecular flexibility index (Phi) is 5.78. The Labute approximate surface area is 162 Å². The molecule has 1 aromatic heterocycles. The van der Waals surface area contributed by atoms with E-state index in [4.69, 9.17) is 0 Å². The van der Waals surface area contributed by atoms with E-state index in [2.05, 4.69) is 63.2 Å². The minimum absolute atomic E-state index is 0.226. The Bertz CT molecular complexity index is 917. The van der Waals surface area contributed by atoms with E-state index in [1.54, 1.807) is 0 Å². The van der Waals surface area contributed by atoms with Crippen LogP contribution in [-0.4, -0.2) is 10.6 Å². The highest BCUT2D eigenvalue weighted by molar-refractivity contribution is 9.10. The van der Waals surface area contributed by atoms with Crippen molar-refractivity contribution >= 4 is 27.6 Å². The van der Waals surface area contributed by atoms with Crippen molar-refractivity contribution in [2.75, 3.05) is 5.32 Å². The highest BCUT2D eigenvalue weighted by atomic mass is 79.9. The summed E-state index contributed by atoms with van der Waals surface area (Å²) in [5.41, 5.74) is 5.63. The lowest BCUT2D eigenvalue weighted by molar-refractivity contribution is 0.251. The van der Waals surface area contributed by atoms with Crippen LogP contribution in [-0.2, 0) is 13.1 Å². The van der Waals surface area contributed by atoms with Crippen LogP contribution < -0.4 is 10.6 Å². The second kappa shape index (κ2) is 8.23. The van der Waals surface area contributed by atoms with Crippen molar-refractivity contribution in [2.24, 2.45) is 0 Å². The van der Waals surface area contributed by atoms with Gasteiger partial charge in [0.25, 0.3) is 0 Å². The van der Waals surface area contributed by atoms with E-state index in [0.717, 1.165) is 22.4 Å². The van der Waals surface area contributed by atoms with Gasteiger partial charge in [0, 0.05) is 22.9 Å². The van der Waals surface area contributed by atoms with Crippen molar-refractivity contribution in [3.8, 4) is 0 Å². The standard InChI is InChI=1S/C21H22BrN3O/c1-15-9-10-16(2)17(12-15)14-25-11-5-6-18(25)13-23-21(26)24-20-8-4-3-7-19(20)22/h3-12H,13-14H2,1-2H3,(H2,23,24,26). The molecular weight excluding hydrogens is 390 g/mol. The number of hydrogen-bond acceptors (Lipinski definition) is 1. The van der Waals surface area contributed by atoms with Crippen LogP contribution in [0.2, 0.25) is 0 Å². The lowest BCUT2D eigenvalue weighted by Crippen LogP contribution is -2.29. The molecule has 3 aromatic rings. The Hall–Kier alpha value is -2.53. The third kappa shape index (κ3) is 4.55. The molecule has 0 aliphatic carbocycles. The largest absolute Gasteiger partial charge is 0.345 e. The van der Waals surface area contributed by atoms with Crippen LogP contribution >= 0.6 is 15.9 Å². The second-order valence-electron chi connectivity index (χ2n) is 6.34. The molecule has 0 bridgehead atoms. The van der Waals surface area contributed by atoms with Gasteiger partial charge in [-0.3, -0.25) is 0 Å². The first kappa shape index (κ1) is 18.3. The predicted octanol–water partition coefficient (Wildman–Crippen LogP) is 5.24. The molecule has 2 amide bonds. The number of aryl methyl sites for hydroxylation is 2. The zero-order valence-electron chi connectivity index (χ0n) is 14.9. The van der Waals surface area contributed by atoms with Crippen LogP contribution in [0.5, 0.6) is 0 Å². The number of anilines is 1. The number of amides is 2. The third-order valence-corrected chi connectivity index (χ3v) is 5.01. The fourth-order valence-corrected chi connectivity index (χ4v) is 3.20. The smallest absolute Gasteiger partial charge is 0.319 e. The third-order valence-electron chi connectivity index (χ3n) is 4.32. The van der Waals surface area contributed by atoms with Gasteiger partial charge in [-0.05, 0) is 65.2 Å². The molecule has 0 aliphatic rings. The first-order valence-corrected chi connectivity index (χ1v) is 9.32. The number of hydrogen-bond donors (Lipinski definition) is 2. The van der Waals surface area contributed by atoms with Gasteiger partial charge in [-0.15, -0.1) is 0 Å². The van der Waals surface area contributed by atoms with Crippen molar-refractivity contribution in [1.82, 2.24) is 9.88 Å².